The van der Waals surface area contributed by atoms with Crippen LogP contribution in [0.5, 0.6) is 0 Å². The number of aromatic nitrogens is 1. The van der Waals surface area contributed by atoms with Crippen molar-refractivity contribution < 1.29 is 8.78 Å². The second-order valence-corrected chi connectivity index (χ2v) is 6.53. The van der Waals surface area contributed by atoms with Crippen LogP contribution in [0.25, 0.3) is 10.2 Å². The van der Waals surface area contributed by atoms with E-state index in [1.165, 1.54) is 12.1 Å². The standard InChI is InChI=1S/C15H11BrF2N2S/c16-10-1-2-14-13(7-10)20-15(21-14)19-4-3-9-5-11(17)8-12(18)6-9/h1-2,5-8H,3-4H2,(H,19,20). The molecule has 0 saturated carbocycles. The van der Waals surface area contributed by atoms with Crippen molar-refractivity contribution in [2.24, 2.45) is 0 Å². The molecule has 0 atom stereocenters. The maximum Gasteiger partial charge on any atom is 0.183 e. The van der Waals surface area contributed by atoms with E-state index in [0.29, 0.717) is 18.5 Å². The van der Waals surface area contributed by atoms with Crippen molar-refractivity contribution in [1.29, 1.82) is 0 Å². The van der Waals surface area contributed by atoms with Gasteiger partial charge >= 0.3 is 0 Å². The Kier molecular flexibility index (Phi) is 4.17. The van der Waals surface area contributed by atoms with Crippen LogP contribution in [0.1, 0.15) is 5.56 Å². The highest BCUT2D eigenvalue weighted by atomic mass is 79.9. The van der Waals surface area contributed by atoms with Crippen molar-refractivity contribution in [1.82, 2.24) is 4.98 Å². The van der Waals surface area contributed by atoms with Crippen LogP contribution in [0.2, 0.25) is 0 Å². The van der Waals surface area contributed by atoms with Crippen LogP contribution < -0.4 is 5.32 Å². The van der Waals surface area contributed by atoms with Crippen LogP contribution in [0.15, 0.2) is 40.9 Å². The molecule has 0 aliphatic carbocycles. The van der Waals surface area contributed by atoms with Gasteiger partial charge in [0.25, 0.3) is 0 Å². The van der Waals surface area contributed by atoms with E-state index in [2.05, 4.69) is 26.2 Å². The van der Waals surface area contributed by atoms with Crippen molar-refractivity contribution in [2.75, 3.05) is 11.9 Å². The maximum absolute atomic E-state index is 13.1. The predicted octanol–water partition coefficient (Wildman–Crippen LogP) is 4.99. The SMILES string of the molecule is Fc1cc(F)cc(CCNc2nc3cc(Br)ccc3s2)c1. The van der Waals surface area contributed by atoms with Gasteiger partial charge < -0.3 is 5.32 Å². The first-order valence-corrected chi connectivity index (χ1v) is 7.96. The van der Waals surface area contributed by atoms with Crippen molar-refractivity contribution in [2.45, 2.75) is 6.42 Å². The fourth-order valence-electron chi connectivity index (χ4n) is 2.05. The smallest absolute Gasteiger partial charge is 0.183 e. The fraction of sp³-hybridized carbons (Fsp3) is 0.133. The summed E-state index contributed by atoms with van der Waals surface area (Å²) in [6.45, 7) is 0.573. The summed E-state index contributed by atoms with van der Waals surface area (Å²) in [7, 11) is 0. The van der Waals surface area contributed by atoms with E-state index in [1.54, 1.807) is 11.3 Å². The molecule has 0 radical (unpaired) electrons. The first-order chi connectivity index (χ1) is 10.1. The number of halogens is 3. The minimum atomic E-state index is -0.546. The Labute approximate surface area is 133 Å². The molecule has 0 spiro atoms. The van der Waals surface area contributed by atoms with Crippen molar-refractivity contribution in [3.63, 3.8) is 0 Å². The van der Waals surface area contributed by atoms with E-state index in [-0.39, 0.29) is 0 Å². The van der Waals surface area contributed by atoms with Gasteiger partial charge in [-0.3, -0.25) is 0 Å². The Morgan fingerprint density at radius 3 is 2.62 bits per heavy atom. The predicted molar refractivity (Wildman–Crippen MR) is 85.9 cm³/mol. The normalized spacial score (nSPS) is 11.0. The van der Waals surface area contributed by atoms with Crippen molar-refractivity contribution in [3.05, 3.63) is 58.1 Å². The Morgan fingerprint density at radius 2 is 1.86 bits per heavy atom. The number of nitrogens with one attached hydrogen (secondary N) is 1. The van der Waals surface area contributed by atoms with Gasteiger partial charge in [0, 0.05) is 17.1 Å². The molecule has 0 amide bonds. The molecule has 2 nitrogen and oxygen atoms in total. The van der Waals surface area contributed by atoms with Gasteiger partial charge in [0.15, 0.2) is 5.13 Å². The highest BCUT2D eigenvalue weighted by Gasteiger charge is 2.05. The molecule has 1 N–H and O–H groups in total. The second kappa shape index (κ2) is 6.07. The average Bonchev–Trinajstić information content (AvgIpc) is 2.79. The summed E-state index contributed by atoms with van der Waals surface area (Å²) in [6, 6.07) is 9.51. The molecule has 0 bridgehead atoms. The maximum atomic E-state index is 13.1. The Balaban J connectivity index is 1.66. The number of anilines is 1. The number of benzene rings is 2. The lowest BCUT2D eigenvalue weighted by Crippen LogP contribution is -2.05. The molecule has 0 aliphatic rings. The molecule has 2 aromatic carbocycles. The van der Waals surface area contributed by atoms with E-state index >= 15 is 0 Å². The molecule has 0 unspecified atom stereocenters. The Hall–Kier alpha value is -1.53. The number of fused-ring (bicyclic) bond motifs is 1. The zero-order valence-corrected chi connectivity index (χ0v) is 13.3. The van der Waals surface area contributed by atoms with Gasteiger partial charge in [-0.1, -0.05) is 27.3 Å². The monoisotopic (exact) mass is 368 g/mol. The third kappa shape index (κ3) is 3.57. The zero-order chi connectivity index (χ0) is 14.8. The minimum absolute atomic E-state index is 0.536. The molecular formula is C15H11BrF2N2S. The first kappa shape index (κ1) is 14.4. The fourth-order valence-corrected chi connectivity index (χ4v) is 3.27. The zero-order valence-electron chi connectivity index (χ0n) is 10.9. The van der Waals surface area contributed by atoms with Crippen LogP contribution in [-0.4, -0.2) is 11.5 Å². The van der Waals surface area contributed by atoms with Gasteiger partial charge in [-0.15, -0.1) is 0 Å². The summed E-state index contributed by atoms with van der Waals surface area (Å²) in [5.41, 5.74) is 1.55. The van der Waals surface area contributed by atoms with Gasteiger partial charge in [0.1, 0.15) is 11.6 Å². The van der Waals surface area contributed by atoms with Gasteiger partial charge in [-0.25, -0.2) is 13.8 Å². The Morgan fingerprint density at radius 1 is 1.10 bits per heavy atom. The second-order valence-electron chi connectivity index (χ2n) is 4.59. The van der Waals surface area contributed by atoms with Gasteiger partial charge in [-0.05, 0) is 42.3 Å². The third-order valence-corrected chi connectivity index (χ3v) is 4.45. The summed E-state index contributed by atoms with van der Waals surface area (Å²) < 4.78 is 28.2. The van der Waals surface area contributed by atoms with Crippen LogP contribution in [0.3, 0.4) is 0 Å². The first-order valence-electron chi connectivity index (χ1n) is 6.35. The van der Waals surface area contributed by atoms with Crippen LogP contribution in [-0.2, 0) is 6.42 Å². The molecule has 1 aromatic heterocycles. The quantitative estimate of drug-likeness (QED) is 0.701. The molecule has 108 valence electrons. The lowest BCUT2D eigenvalue weighted by atomic mass is 10.1. The molecule has 6 heteroatoms. The summed E-state index contributed by atoms with van der Waals surface area (Å²) in [6.07, 6.45) is 0.536. The van der Waals surface area contributed by atoms with E-state index in [1.807, 2.05) is 18.2 Å². The molecule has 0 fully saturated rings. The molecule has 0 saturated heterocycles. The summed E-state index contributed by atoms with van der Waals surface area (Å²) in [4.78, 5) is 4.47. The number of hydrogen-bond acceptors (Lipinski definition) is 3. The highest BCUT2D eigenvalue weighted by Crippen LogP contribution is 2.28. The average molecular weight is 369 g/mol. The summed E-state index contributed by atoms with van der Waals surface area (Å²) in [5, 5.41) is 3.99. The number of thiazole rings is 1. The number of rotatable bonds is 4. The summed E-state index contributed by atoms with van der Waals surface area (Å²) >= 11 is 4.97. The molecular weight excluding hydrogens is 358 g/mol. The van der Waals surface area contributed by atoms with E-state index in [0.717, 1.165) is 25.9 Å². The molecule has 0 aliphatic heterocycles. The largest absolute Gasteiger partial charge is 0.361 e. The van der Waals surface area contributed by atoms with Crippen LogP contribution in [0, 0.1) is 11.6 Å². The Bertz CT molecular complexity index is 768. The lowest BCUT2D eigenvalue weighted by Gasteiger charge is -2.03. The molecule has 1 heterocycles. The van der Waals surface area contributed by atoms with Crippen molar-refractivity contribution in [3.8, 4) is 0 Å². The third-order valence-electron chi connectivity index (χ3n) is 2.96. The van der Waals surface area contributed by atoms with Crippen LogP contribution in [0.4, 0.5) is 13.9 Å². The number of hydrogen-bond donors (Lipinski definition) is 1. The topological polar surface area (TPSA) is 24.9 Å². The van der Waals surface area contributed by atoms with E-state index < -0.39 is 11.6 Å². The van der Waals surface area contributed by atoms with Gasteiger partial charge in [0.05, 0.1) is 10.2 Å². The lowest BCUT2D eigenvalue weighted by molar-refractivity contribution is 0.580. The van der Waals surface area contributed by atoms with Crippen LogP contribution >= 0.6 is 27.3 Å². The number of nitrogens with zero attached hydrogens (tertiary/aromatic N) is 1. The van der Waals surface area contributed by atoms with E-state index in [4.69, 9.17) is 0 Å². The minimum Gasteiger partial charge on any atom is -0.361 e. The molecule has 3 rings (SSSR count). The van der Waals surface area contributed by atoms with E-state index in [9.17, 15) is 8.78 Å². The van der Waals surface area contributed by atoms with Crippen molar-refractivity contribution >= 4 is 42.6 Å². The van der Waals surface area contributed by atoms with Gasteiger partial charge in [0.2, 0.25) is 0 Å². The van der Waals surface area contributed by atoms with Gasteiger partial charge in [-0.2, -0.15) is 0 Å². The summed E-state index contributed by atoms with van der Waals surface area (Å²) in [5.74, 6) is -1.09. The highest BCUT2D eigenvalue weighted by molar-refractivity contribution is 9.10. The molecule has 3 aromatic rings. The molecule has 21 heavy (non-hydrogen) atoms.